The minimum absolute atomic E-state index is 0.0478. The molecule has 1 aliphatic carbocycles. The summed E-state index contributed by atoms with van der Waals surface area (Å²) in [7, 11) is 0. The molecule has 1 fully saturated rings. The minimum atomic E-state index is -0.577. The maximum Gasteiger partial charge on any atom is 0.254 e. The lowest BCUT2D eigenvalue weighted by Crippen LogP contribution is -2.22. The van der Waals surface area contributed by atoms with Crippen molar-refractivity contribution < 1.29 is 4.79 Å². The summed E-state index contributed by atoms with van der Waals surface area (Å²) >= 11 is 0. The SMILES string of the molecule is N#Cc1ccc(Nc2nn(C3CCCCC3C#N)cc2C(N)=O)cc1. The average Bonchev–Trinajstić information content (AvgIpc) is 3.06. The number of rotatable bonds is 4. The highest BCUT2D eigenvalue weighted by molar-refractivity contribution is 5.98. The third-order valence-corrected chi connectivity index (χ3v) is 4.51. The normalized spacial score (nSPS) is 19.6. The van der Waals surface area contributed by atoms with Gasteiger partial charge >= 0.3 is 0 Å². The second-order valence-electron chi connectivity index (χ2n) is 6.14. The van der Waals surface area contributed by atoms with Crippen LogP contribution in [0.2, 0.25) is 0 Å². The Bertz CT molecular complexity index is 855. The summed E-state index contributed by atoms with van der Waals surface area (Å²) in [6.07, 6.45) is 5.39. The van der Waals surface area contributed by atoms with Crippen molar-refractivity contribution in [3.8, 4) is 12.1 Å². The van der Waals surface area contributed by atoms with Crippen molar-refractivity contribution >= 4 is 17.4 Å². The number of nitrogens with zero attached hydrogens (tertiary/aromatic N) is 4. The largest absolute Gasteiger partial charge is 0.365 e. The molecule has 7 heteroatoms. The zero-order valence-electron chi connectivity index (χ0n) is 13.6. The van der Waals surface area contributed by atoms with E-state index in [1.807, 2.05) is 0 Å². The Morgan fingerprint density at radius 3 is 2.60 bits per heavy atom. The average molecular weight is 334 g/mol. The summed E-state index contributed by atoms with van der Waals surface area (Å²) in [6, 6.07) is 11.2. The Morgan fingerprint density at radius 2 is 1.96 bits per heavy atom. The van der Waals surface area contributed by atoms with Crippen molar-refractivity contribution in [1.82, 2.24) is 9.78 Å². The van der Waals surface area contributed by atoms with Gasteiger partial charge in [-0.25, -0.2) is 0 Å². The molecule has 0 radical (unpaired) electrons. The van der Waals surface area contributed by atoms with E-state index < -0.39 is 5.91 Å². The van der Waals surface area contributed by atoms with Gasteiger partial charge in [-0.15, -0.1) is 0 Å². The molecule has 0 bridgehead atoms. The van der Waals surface area contributed by atoms with E-state index in [0.717, 1.165) is 25.7 Å². The summed E-state index contributed by atoms with van der Waals surface area (Å²) in [5.41, 5.74) is 7.02. The first-order valence-electron chi connectivity index (χ1n) is 8.18. The van der Waals surface area contributed by atoms with E-state index in [-0.39, 0.29) is 17.5 Å². The molecule has 0 saturated heterocycles. The van der Waals surface area contributed by atoms with Gasteiger partial charge in [0, 0.05) is 11.9 Å². The fourth-order valence-electron chi connectivity index (χ4n) is 3.18. The van der Waals surface area contributed by atoms with Crippen LogP contribution in [0.5, 0.6) is 0 Å². The molecule has 25 heavy (non-hydrogen) atoms. The fraction of sp³-hybridized carbons (Fsp3) is 0.333. The lowest BCUT2D eigenvalue weighted by atomic mass is 9.85. The lowest BCUT2D eigenvalue weighted by molar-refractivity contribution is 0.100. The number of amides is 1. The maximum atomic E-state index is 11.8. The topological polar surface area (TPSA) is 121 Å². The van der Waals surface area contributed by atoms with Crippen LogP contribution in [0.4, 0.5) is 11.5 Å². The van der Waals surface area contributed by atoms with Crippen LogP contribution in [0.3, 0.4) is 0 Å². The van der Waals surface area contributed by atoms with Crippen LogP contribution in [0.15, 0.2) is 30.5 Å². The third kappa shape index (κ3) is 3.46. The van der Waals surface area contributed by atoms with Gasteiger partial charge < -0.3 is 11.1 Å². The summed E-state index contributed by atoms with van der Waals surface area (Å²) in [5, 5.41) is 25.8. The van der Waals surface area contributed by atoms with Gasteiger partial charge in [0.1, 0.15) is 5.56 Å². The van der Waals surface area contributed by atoms with Gasteiger partial charge in [0.05, 0.1) is 29.7 Å². The molecule has 1 aliphatic rings. The van der Waals surface area contributed by atoms with Crippen molar-refractivity contribution in [2.45, 2.75) is 31.7 Å². The number of anilines is 2. The van der Waals surface area contributed by atoms with Crippen LogP contribution in [0.1, 0.15) is 47.6 Å². The van der Waals surface area contributed by atoms with E-state index in [2.05, 4.69) is 22.6 Å². The Morgan fingerprint density at radius 1 is 1.24 bits per heavy atom. The van der Waals surface area contributed by atoms with E-state index in [9.17, 15) is 10.1 Å². The number of carbonyl (C=O) groups is 1. The summed E-state index contributed by atoms with van der Waals surface area (Å²) in [5.74, 6) is -0.330. The number of nitriles is 2. The number of hydrogen-bond donors (Lipinski definition) is 2. The number of carbonyl (C=O) groups excluding carboxylic acids is 1. The Kier molecular flexibility index (Phi) is 4.67. The molecule has 0 aliphatic heterocycles. The van der Waals surface area contributed by atoms with E-state index in [0.29, 0.717) is 17.1 Å². The van der Waals surface area contributed by atoms with Crippen LogP contribution in [-0.2, 0) is 0 Å². The second-order valence-corrected chi connectivity index (χ2v) is 6.14. The molecular weight excluding hydrogens is 316 g/mol. The van der Waals surface area contributed by atoms with E-state index in [4.69, 9.17) is 11.0 Å². The summed E-state index contributed by atoms with van der Waals surface area (Å²) in [4.78, 5) is 11.8. The molecule has 1 aromatic carbocycles. The molecule has 1 heterocycles. The number of aromatic nitrogens is 2. The first-order chi connectivity index (χ1) is 12.1. The highest BCUT2D eigenvalue weighted by Gasteiger charge is 2.28. The van der Waals surface area contributed by atoms with E-state index >= 15 is 0 Å². The maximum absolute atomic E-state index is 11.8. The summed E-state index contributed by atoms with van der Waals surface area (Å²) in [6.45, 7) is 0. The Labute approximate surface area is 145 Å². The molecule has 126 valence electrons. The monoisotopic (exact) mass is 334 g/mol. The van der Waals surface area contributed by atoms with Crippen molar-refractivity contribution in [2.24, 2.45) is 11.7 Å². The zero-order valence-corrected chi connectivity index (χ0v) is 13.6. The van der Waals surface area contributed by atoms with E-state index in [1.165, 1.54) is 0 Å². The molecule has 1 amide bonds. The standard InChI is InChI=1S/C18H18N6O/c19-9-12-5-7-14(8-6-12)22-18-15(17(21)25)11-24(23-18)16-4-2-1-3-13(16)10-20/h5-8,11,13,16H,1-4H2,(H2,21,25)(H,22,23). The summed E-state index contributed by atoms with van der Waals surface area (Å²) < 4.78 is 1.69. The molecule has 7 nitrogen and oxygen atoms in total. The smallest absolute Gasteiger partial charge is 0.254 e. The van der Waals surface area contributed by atoms with Gasteiger partial charge in [-0.05, 0) is 37.1 Å². The van der Waals surface area contributed by atoms with Crippen LogP contribution in [0, 0.1) is 28.6 Å². The Hall–Kier alpha value is -3.32. The second kappa shape index (κ2) is 7.06. The van der Waals surface area contributed by atoms with Crippen molar-refractivity contribution in [1.29, 1.82) is 10.5 Å². The van der Waals surface area contributed by atoms with Gasteiger partial charge in [-0.2, -0.15) is 15.6 Å². The number of hydrogen-bond acceptors (Lipinski definition) is 5. The van der Waals surface area contributed by atoms with Gasteiger partial charge in [0.2, 0.25) is 0 Å². The first kappa shape index (κ1) is 16.5. The van der Waals surface area contributed by atoms with Crippen LogP contribution < -0.4 is 11.1 Å². The quantitative estimate of drug-likeness (QED) is 0.890. The van der Waals surface area contributed by atoms with Crippen molar-refractivity contribution in [3.63, 3.8) is 0 Å². The van der Waals surface area contributed by atoms with E-state index in [1.54, 1.807) is 35.1 Å². The molecule has 3 rings (SSSR count). The molecule has 2 aromatic rings. The molecule has 0 spiro atoms. The first-order valence-corrected chi connectivity index (χ1v) is 8.18. The minimum Gasteiger partial charge on any atom is -0.365 e. The van der Waals surface area contributed by atoms with Gasteiger partial charge in [0.25, 0.3) is 5.91 Å². The number of primary amides is 1. The third-order valence-electron chi connectivity index (χ3n) is 4.51. The molecule has 2 atom stereocenters. The van der Waals surface area contributed by atoms with Crippen LogP contribution >= 0.6 is 0 Å². The molecule has 3 N–H and O–H groups in total. The predicted molar refractivity (Wildman–Crippen MR) is 91.8 cm³/mol. The van der Waals surface area contributed by atoms with Gasteiger partial charge in [-0.1, -0.05) is 12.8 Å². The molecule has 1 aromatic heterocycles. The zero-order chi connectivity index (χ0) is 17.8. The highest BCUT2D eigenvalue weighted by Crippen LogP contribution is 2.34. The lowest BCUT2D eigenvalue weighted by Gasteiger charge is -2.26. The Balaban J connectivity index is 1.90. The van der Waals surface area contributed by atoms with Crippen molar-refractivity contribution in [2.75, 3.05) is 5.32 Å². The molecule has 1 saturated carbocycles. The number of benzene rings is 1. The predicted octanol–water partition coefficient (Wildman–Crippen LogP) is 2.85. The van der Waals surface area contributed by atoms with Crippen LogP contribution in [-0.4, -0.2) is 15.7 Å². The molecular formula is C18H18N6O. The number of nitrogens with two attached hydrogens (primary N) is 1. The van der Waals surface area contributed by atoms with Crippen molar-refractivity contribution in [3.05, 3.63) is 41.6 Å². The highest BCUT2D eigenvalue weighted by atomic mass is 16.1. The van der Waals surface area contributed by atoms with Gasteiger partial charge in [-0.3, -0.25) is 9.48 Å². The number of nitrogens with one attached hydrogen (secondary N) is 1. The fourth-order valence-corrected chi connectivity index (χ4v) is 3.18. The molecule has 2 unspecified atom stereocenters. The van der Waals surface area contributed by atoms with Crippen LogP contribution in [0.25, 0.3) is 0 Å². The van der Waals surface area contributed by atoms with Gasteiger partial charge in [0.15, 0.2) is 5.82 Å².